The van der Waals surface area contributed by atoms with Crippen LogP contribution in [0.3, 0.4) is 0 Å². The molecule has 0 fully saturated rings. The zero-order valence-corrected chi connectivity index (χ0v) is 27.2. The Kier molecular flexibility index (Phi) is 14.8. The van der Waals surface area contributed by atoms with Crippen molar-refractivity contribution in [3.8, 4) is 5.75 Å². The molecule has 0 saturated carbocycles. The molecular weight excluding hydrogens is 528 g/mol. The van der Waals surface area contributed by atoms with Crippen molar-refractivity contribution in [2.75, 3.05) is 11.4 Å². The standard InChI is InChI=1S/C39H57N2O2/c1-3-5-7-9-11-13-15-17-23-32-40-34-26-19-21-28-36(34)42-38(40)30-25-31-39-41(35-27-20-22-29-37(35)43-39)33-24-18-16-14-12-10-8-6-4-2/h19-22,25-31H,3-18,23-24,32-33H2,1-2H3/q+1. The molecule has 234 valence electrons. The summed E-state index contributed by atoms with van der Waals surface area (Å²) in [7, 11) is 0. The van der Waals surface area contributed by atoms with E-state index in [-0.39, 0.29) is 0 Å². The molecule has 0 bridgehead atoms. The molecule has 1 aromatic heterocycles. The lowest BCUT2D eigenvalue weighted by Crippen LogP contribution is -2.35. The second kappa shape index (κ2) is 19.3. The highest BCUT2D eigenvalue weighted by Crippen LogP contribution is 2.38. The van der Waals surface area contributed by atoms with E-state index in [1.807, 2.05) is 0 Å². The Labute approximate surface area is 261 Å². The van der Waals surface area contributed by atoms with E-state index in [1.54, 1.807) is 0 Å². The summed E-state index contributed by atoms with van der Waals surface area (Å²) >= 11 is 0. The number of para-hydroxylation sites is 4. The molecule has 0 aliphatic carbocycles. The number of anilines is 1. The number of hydrogen-bond acceptors (Lipinski definition) is 3. The molecule has 0 amide bonds. The minimum Gasteiger partial charge on any atom is -0.439 e. The first-order valence-corrected chi connectivity index (χ1v) is 17.7. The number of hydrogen-bond donors (Lipinski definition) is 0. The first-order chi connectivity index (χ1) is 21.3. The van der Waals surface area contributed by atoms with Crippen LogP contribution in [0.15, 0.2) is 71.0 Å². The molecule has 0 unspecified atom stereocenters. The fourth-order valence-corrected chi connectivity index (χ4v) is 6.19. The SMILES string of the molecule is CCCCCCCCCCCN1/C(=C\C=C\c2oc3ccccc3[n+]2CCCCCCCCCCC)Oc2ccccc21. The fourth-order valence-electron chi connectivity index (χ4n) is 6.19. The molecule has 4 nitrogen and oxygen atoms in total. The molecule has 43 heavy (non-hydrogen) atoms. The minimum atomic E-state index is 0.901. The van der Waals surface area contributed by atoms with Gasteiger partial charge < -0.3 is 14.1 Å². The zero-order valence-electron chi connectivity index (χ0n) is 27.2. The molecule has 2 heterocycles. The average molecular weight is 586 g/mol. The van der Waals surface area contributed by atoms with E-state index >= 15 is 0 Å². The Morgan fingerprint density at radius 1 is 0.651 bits per heavy atom. The summed E-state index contributed by atoms with van der Waals surface area (Å²) in [6.45, 7) is 6.53. The van der Waals surface area contributed by atoms with Crippen molar-refractivity contribution in [2.24, 2.45) is 0 Å². The van der Waals surface area contributed by atoms with E-state index in [1.165, 1.54) is 127 Å². The van der Waals surface area contributed by atoms with Gasteiger partial charge in [-0.1, -0.05) is 134 Å². The normalized spacial score (nSPS) is 13.9. The maximum Gasteiger partial charge on any atom is 0.374 e. The molecule has 1 aliphatic heterocycles. The van der Waals surface area contributed by atoms with E-state index in [0.717, 1.165) is 36.2 Å². The van der Waals surface area contributed by atoms with Crippen LogP contribution in [-0.2, 0) is 6.54 Å². The number of rotatable bonds is 22. The van der Waals surface area contributed by atoms with E-state index in [2.05, 4.69) is 90.1 Å². The average Bonchev–Trinajstić information content (AvgIpc) is 3.56. The van der Waals surface area contributed by atoms with Crippen molar-refractivity contribution in [2.45, 2.75) is 136 Å². The van der Waals surface area contributed by atoms with Crippen molar-refractivity contribution in [3.63, 3.8) is 0 Å². The minimum absolute atomic E-state index is 0.901. The molecule has 1 aliphatic rings. The second-order valence-corrected chi connectivity index (χ2v) is 12.3. The number of benzene rings is 2. The van der Waals surface area contributed by atoms with Crippen LogP contribution < -0.4 is 14.2 Å². The number of oxazole rings is 1. The Morgan fingerprint density at radius 2 is 1.23 bits per heavy atom. The van der Waals surface area contributed by atoms with Crippen LogP contribution in [-0.4, -0.2) is 6.54 Å². The van der Waals surface area contributed by atoms with Gasteiger partial charge in [0.15, 0.2) is 12.3 Å². The van der Waals surface area contributed by atoms with Gasteiger partial charge in [0.05, 0.1) is 11.8 Å². The maximum atomic E-state index is 6.31. The number of unbranched alkanes of at least 4 members (excludes halogenated alkanes) is 16. The third-order valence-electron chi connectivity index (χ3n) is 8.72. The summed E-state index contributed by atoms with van der Waals surface area (Å²) in [4.78, 5) is 2.34. The number of allylic oxidation sites excluding steroid dienone is 2. The van der Waals surface area contributed by atoms with Crippen LogP contribution in [0.4, 0.5) is 5.69 Å². The number of aromatic nitrogens is 1. The maximum absolute atomic E-state index is 6.31. The van der Waals surface area contributed by atoms with Gasteiger partial charge in [0.25, 0.3) is 5.52 Å². The molecule has 0 spiro atoms. The van der Waals surface area contributed by atoms with Crippen molar-refractivity contribution in [3.05, 3.63) is 72.5 Å². The van der Waals surface area contributed by atoms with Gasteiger partial charge in [0.2, 0.25) is 11.5 Å². The van der Waals surface area contributed by atoms with Gasteiger partial charge in [0, 0.05) is 19.0 Å². The fraction of sp³-hybridized carbons (Fsp3) is 0.564. The first kappa shape index (κ1) is 32.9. The van der Waals surface area contributed by atoms with Crippen molar-refractivity contribution < 1.29 is 13.7 Å². The summed E-state index contributed by atoms with van der Waals surface area (Å²) in [5.41, 5.74) is 3.29. The molecule has 3 aromatic rings. The quantitative estimate of drug-likeness (QED) is 0.0867. The third-order valence-corrected chi connectivity index (χ3v) is 8.72. The van der Waals surface area contributed by atoms with Crippen LogP contribution in [0.1, 0.15) is 135 Å². The van der Waals surface area contributed by atoms with Gasteiger partial charge >= 0.3 is 5.89 Å². The molecule has 0 N–H and O–H groups in total. The lowest BCUT2D eigenvalue weighted by Gasteiger charge is -2.18. The van der Waals surface area contributed by atoms with Gasteiger partial charge in [-0.2, -0.15) is 4.57 Å². The predicted molar refractivity (Wildman–Crippen MR) is 182 cm³/mol. The number of fused-ring (bicyclic) bond motifs is 2. The highest BCUT2D eigenvalue weighted by atomic mass is 16.5. The molecule has 2 aromatic carbocycles. The van der Waals surface area contributed by atoms with Gasteiger partial charge in [-0.25, -0.2) is 0 Å². The highest BCUT2D eigenvalue weighted by Gasteiger charge is 2.25. The topological polar surface area (TPSA) is 29.5 Å². The molecule has 0 atom stereocenters. The predicted octanol–water partition coefficient (Wildman–Crippen LogP) is 11.5. The summed E-state index contributed by atoms with van der Waals surface area (Å²) in [6, 6.07) is 16.8. The van der Waals surface area contributed by atoms with Crippen molar-refractivity contribution in [1.82, 2.24) is 0 Å². The second-order valence-electron chi connectivity index (χ2n) is 12.3. The molecule has 0 radical (unpaired) electrons. The largest absolute Gasteiger partial charge is 0.439 e. The Morgan fingerprint density at radius 3 is 1.93 bits per heavy atom. The highest BCUT2D eigenvalue weighted by molar-refractivity contribution is 5.70. The van der Waals surface area contributed by atoms with Crippen LogP contribution in [0.2, 0.25) is 0 Å². The van der Waals surface area contributed by atoms with Crippen LogP contribution in [0.25, 0.3) is 17.2 Å². The van der Waals surface area contributed by atoms with E-state index < -0.39 is 0 Å². The zero-order chi connectivity index (χ0) is 30.0. The van der Waals surface area contributed by atoms with E-state index in [9.17, 15) is 0 Å². The summed E-state index contributed by atoms with van der Waals surface area (Å²) in [5, 5.41) is 0. The van der Waals surface area contributed by atoms with Gasteiger partial charge in [-0.05, 0) is 43.2 Å². The van der Waals surface area contributed by atoms with E-state index in [4.69, 9.17) is 9.15 Å². The summed E-state index contributed by atoms with van der Waals surface area (Å²) < 4.78 is 15.0. The van der Waals surface area contributed by atoms with Gasteiger partial charge in [-0.3, -0.25) is 0 Å². The molecule has 4 heteroatoms. The summed E-state index contributed by atoms with van der Waals surface area (Å²) in [6.07, 6.45) is 30.3. The number of ether oxygens (including phenoxy) is 1. The number of nitrogens with zero attached hydrogens (tertiary/aromatic N) is 2. The van der Waals surface area contributed by atoms with Crippen molar-refractivity contribution in [1.29, 1.82) is 0 Å². The number of aryl methyl sites for hydroxylation is 1. The van der Waals surface area contributed by atoms with Gasteiger partial charge in [0.1, 0.15) is 0 Å². The molecule has 0 saturated heterocycles. The lowest BCUT2D eigenvalue weighted by molar-refractivity contribution is -0.678. The molecular formula is C39H57N2O2+. The lowest BCUT2D eigenvalue weighted by atomic mass is 10.1. The Hall–Kier alpha value is -3.01. The third kappa shape index (κ3) is 10.6. The van der Waals surface area contributed by atoms with E-state index in [0.29, 0.717) is 0 Å². The smallest absolute Gasteiger partial charge is 0.374 e. The first-order valence-electron chi connectivity index (χ1n) is 17.7. The van der Waals surface area contributed by atoms with Crippen LogP contribution >= 0.6 is 0 Å². The van der Waals surface area contributed by atoms with Crippen LogP contribution in [0.5, 0.6) is 5.75 Å². The van der Waals surface area contributed by atoms with Gasteiger partial charge in [-0.15, -0.1) is 0 Å². The van der Waals surface area contributed by atoms with Crippen molar-refractivity contribution >= 4 is 22.9 Å². The molecule has 4 rings (SSSR count). The summed E-state index contributed by atoms with van der Waals surface area (Å²) in [5.74, 6) is 2.75. The Bertz CT molecular complexity index is 1260. The van der Waals surface area contributed by atoms with Crippen LogP contribution in [0, 0.1) is 0 Å². The Balaban J connectivity index is 1.32. The monoisotopic (exact) mass is 585 g/mol.